The lowest BCUT2D eigenvalue weighted by Gasteiger charge is -2.09. The summed E-state index contributed by atoms with van der Waals surface area (Å²) in [6.45, 7) is 3.62. The normalized spacial score (nSPS) is 10.2. The summed E-state index contributed by atoms with van der Waals surface area (Å²) in [4.78, 5) is 35.2. The molecule has 0 aliphatic heterocycles. The molecule has 136 valence electrons. The molecule has 0 bridgehead atoms. The second-order valence-electron chi connectivity index (χ2n) is 5.96. The van der Waals surface area contributed by atoms with E-state index in [0.29, 0.717) is 22.6 Å². The molecule has 0 saturated heterocycles. The van der Waals surface area contributed by atoms with Gasteiger partial charge in [-0.05, 0) is 48.5 Å². The number of nitrogens with one attached hydrogen (secondary N) is 4. The van der Waals surface area contributed by atoms with Gasteiger partial charge in [0.15, 0.2) is 0 Å². The first-order chi connectivity index (χ1) is 12.4. The fraction of sp³-hybridized carbons (Fsp3) is 0.211. The van der Waals surface area contributed by atoms with Crippen LogP contribution < -0.4 is 21.3 Å². The molecular formula is C19H22N4O3. The van der Waals surface area contributed by atoms with E-state index in [0.717, 1.165) is 0 Å². The van der Waals surface area contributed by atoms with Gasteiger partial charge in [-0.15, -0.1) is 0 Å². The lowest BCUT2D eigenvalue weighted by molar-refractivity contribution is -0.118. The maximum atomic E-state index is 12.3. The highest BCUT2D eigenvalue weighted by Crippen LogP contribution is 2.16. The van der Waals surface area contributed by atoms with Crippen LogP contribution in [-0.4, -0.2) is 24.9 Å². The average molecular weight is 354 g/mol. The summed E-state index contributed by atoms with van der Waals surface area (Å²) in [6.07, 6.45) is 0. The van der Waals surface area contributed by atoms with Gasteiger partial charge < -0.3 is 21.3 Å². The van der Waals surface area contributed by atoms with Crippen molar-refractivity contribution in [3.05, 3.63) is 54.1 Å². The standard InChI is InChI=1S/C19H22N4O3/c1-12(2)17(24)21-14-6-4-13(5-7-14)18(25)22-15-8-10-16(11-9-15)23-19(26)20-3/h4-12H,1-3H3,(H,21,24)(H,22,25)(H2,20,23,26). The highest BCUT2D eigenvalue weighted by atomic mass is 16.2. The largest absolute Gasteiger partial charge is 0.341 e. The average Bonchev–Trinajstić information content (AvgIpc) is 2.63. The van der Waals surface area contributed by atoms with Gasteiger partial charge >= 0.3 is 6.03 Å². The van der Waals surface area contributed by atoms with Crippen LogP contribution in [0.25, 0.3) is 0 Å². The maximum Gasteiger partial charge on any atom is 0.318 e. The van der Waals surface area contributed by atoms with Gasteiger partial charge in [0.2, 0.25) is 5.91 Å². The maximum absolute atomic E-state index is 12.3. The van der Waals surface area contributed by atoms with E-state index in [1.54, 1.807) is 48.5 Å². The van der Waals surface area contributed by atoms with Crippen LogP contribution in [0.3, 0.4) is 0 Å². The minimum atomic E-state index is -0.313. The zero-order chi connectivity index (χ0) is 19.1. The molecular weight excluding hydrogens is 332 g/mol. The monoisotopic (exact) mass is 354 g/mol. The third kappa shape index (κ3) is 5.34. The van der Waals surface area contributed by atoms with Crippen molar-refractivity contribution in [3.8, 4) is 0 Å². The Bertz CT molecular complexity index is 783. The van der Waals surface area contributed by atoms with Crippen LogP contribution in [0.15, 0.2) is 48.5 Å². The van der Waals surface area contributed by atoms with Crippen molar-refractivity contribution in [3.63, 3.8) is 0 Å². The molecule has 0 aliphatic carbocycles. The molecule has 0 unspecified atom stereocenters. The number of hydrogen-bond donors (Lipinski definition) is 4. The van der Waals surface area contributed by atoms with Gasteiger partial charge in [-0.25, -0.2) is 4.79 Å². The predicted molar refractivity (Wildman–Crippen MR) is 102 cm³/mol. The summed E-state index contributed by atoms with van der Waals surface area (Å²) in [5.41, 5.74) is 2.34. The molecule has 0 heterocycles. The topological polar surface area (TPSA) is 99.3 Å². The minimum absolute atomic E-state index is 0.0762. The van der Waals surface area contributed by atoms with E-state index in [9.17, 15) is 14.4 Å². The van der Waals surface area contributed by atoms with Gasteiger partial charge in [-0.2, -0.15) is 0 Å². The Morgan fingerprint density at radius 3 is 1.69 bits per heavy atom. The van der Waals surface area contributed by atoms with Crippen LogP contribution in [0.2, 0.25) is 0 Å². The lowest BCUT2D eigenvalue weighted by Crippen LogP contribution is -2.24. The Morgan fingerprint density at radius 2 is 1.19 bits per heavy atom. The van der Waals surface area contributed by atoms with E-state index in [1.807, 2.05) is 13.8 Å². The Kier molecular flexibility index (Phi) is 6.32. The van der Waals surface area contributed by atoms with Gasteiger partial charge in [0, 0.05) is 35.6 Å². The van der Waals surface area contributed by atoms with Gasteiger partial charge in [0.05, 0.1) is 0 Å². The first-order valence-corrected chi connectivity index (χ1v) is 8.20. The summed E-state index contributed by atoms with van der Waals surface area (Å²) in [5, 5.41) is 10.6. The van der Waals surface area contributed by atoms with E-state index < -0.39 is 0 Å². The number of carbonyl (C=O) groups is 3. The molecule has 2 rings (SSSR count). The van der Waals surface area contributed by atoms with E-state index in [1.165, 1.54) is 7.05 Å². The number of urea groups is 1. The molecule has 4 N–H and O–H groups in total. The van der Waals surface area contributed by atoms with Crippen molar-refractivity contribution >= 4 is 34.9 Å². The van der Waals surface area contributed by atoms with Crippen molar-refractivity contribution in [2.24, 2.45) is 5.92 Å². The Balaban J connectivity index is 1.97. The van der Waals surface area contributed by atoms with Gasteiger partial charge in [-0.1, -0.05) is 13.8 Å². The quantitative estimate of drug-likeness (QED) is 0.663. The molecule has 0 radical (unpaired) electrons. The summed E-state index contributed by atoms with van der Waals surface area (Å²) in [7, 11) is 1.53. The van der Waals surface area contributed by atoms with Crippen molar-refractivity contribution in [2.45, 2.75) is 13.8 Å². The highest BCUT2D eigenvalue weighted by Gasteiger charge is 2.09. The number of carbonyl (C=O) groups excluding carboxylic acids is 3. The summed E-state index contributed by atoms with van der Waals surface area (Å²) < 4.78 is 0. The molecule has 26 heavy (non-hydrogen) atoms. The van der Waals surface area contributed by atoms with Crippen molar-refractivity contribution in [1.29, 1.82) is 0 Å². The van der Waals surface area contributed by atoms with E-state index in [2.05, 4.69) is 21.3 Å². The zero-order valence-corrected chi connectivity index (χ0v) is 14.9. The minimum Gasteiger partial charge on any atom is -0.341 e. The number of hydrogen-bond acceptors (Lipinski definition) is 3. The van der Waals surface area contributed by atoms with Crippen molar-refractivity contribution < 1.29 is 14.4 Å². The zero-order valence-electron chi connectivity index (χ0n) is 14.9. The molecule has 0 saturated carbocycles. The third-order valence-corrected chi connectivity index (χ3v) is 3.57. The molecule has 2 aromatic rings. The van der Waals surface area contributed by atoms with Gasteiger partial charge in [0.25, 0.3) is 5.91 Å². The summed E-state index contributed by atoms with van der Waals surface area (Å²) in [6, 6.07) is 13.1. The van der Waals surface area contributed by atoms with Crippen LogP contribution >= 0.6 is 0 Å². The van der Waals surface area contributed by atoms with Crippen LogP contribution in [0.1, 0.15) is 24.2 Å². The molecule has 4 amide bonds. The molecule has 2 aromatic carbocycles. The summed E-state index contributed by atoms with van der Waals surface area (Å²) >= 11 is 0. The summed E-state index contributed by atoms with van der Waals surface area (Å²) in [5.74, 6) is -0.453. The van der Waals surface area contributed by atoms with Crippen LogP contribution in [0.4, 0.5) is 21.9 Å². The lowest BCUT2D eigenvalue weighted by atomic mass is 10.1. The SMILES string of the molecule is CNC(=O)Nc1ccc(NC(=O)c2ccc(NC(=O)C(C)C)cc2)cc1. The van der Waals surface area contributed by atoms with Crippen molar-refractivity contribution in [1.82, 2.24) is 5.32 Å². The van der Waals surface area contributed by atoms with Gasteiger partial charge in [-0.3, -0.25) is 9.59 Å². The Hall–Kier alpha value is -3.35. The molecule has 0 spiro atoms. The number of rotatable bonds is 5. The fourth-order valence-corrected chi connectivity index (χ4v) is 2.03. The van der Waals surface area contributed by atoms with E-state index in [-0.39, 0.29) is 23.8 Å². The van der Waals surface area contributed by atoms with E-state index in [4.69, 9.17) is 0 Å². The molecule has 0 aromatic heterocycles. The molecule has 7 nitrogen and oxygen atoms in total. The van der Waals surface area contributed by atoms with Crippen LogP contribution in [-0.2, 0) is 4.79 Å². The second-order valence-corrected chi connectivity index (χ2v) is 5.96. The molecule has 0 fully saturated rings. The second kappa shape index (κ2) is 8.66. The van der Waals surface area contributed by atoms with Crippen LogP contribution in [0, 0.1) is 5.92 Å². The first kappa shape index (κ1) is 19.0. The van der Waals surface area contributed by atoms with E-state index >= 15 is 0 Å². The Morgan fingerprint density at radius 1 is 0.731 bits per heavy atom. The first-order valence-electron chi connectivity index (χ1n) is 8.20. The number of anilines is 3. The third-order valence-electron chi connectivity index (χ3n) is 3.57. The molecule has 0 aliphatic rings. The number of amides is 4. The van der Waals surface area contributed by atoms with Crippen LogP contribution in [0.5, 0.6) is 0 Å². The molecule has 7 heteroatoms. The fourth-order valence-electron chi connectivity index (χ4n) is 2.03. The van der Waals surface area contributed by atoms with Crippen molar-refractivity contribution in [2.75, 3.05) is 23.0 Å². The smallest absolute Gasteiger partial charge is 0.318 e. The number of benzene rings is 2. The van der Waals surface area contributed by atoms with Gasteiger partial charge in [0.1, 0.15) is 0 Å². The predicted octanol–water partition coefficient (Wildman–Crippen LogP) is 3.28. The highest BCUT2D eigenvalue weighted by molar-refractivity contribution is 6.04. The Labute approximate surface area is 152 Å². The molecule has 0 atom stereocenters.